The second kappa shape index (κ2) is 7.87. The minimum atomic E-state index is -0.382. The van der Waals surface area contributed by atoms with Gasteiger partial charge >= 0.3 is 5.97 Å². The number of aromatic nitrogens is 2. The highest BCUT2D eigenvalue weighted by atomic mass is 16.5. The summed E-state index contributed by atoms with van der Waals surface area (Å²) in [5, 5.41) is 0. The van der Waals surface area contributed by atoms with E-state index in [0.717, 1.165) is 22.3 Å². The van der Waals surface area contributed by atoms with Crippen LogP contribution in [-0.2, 0) is 11.2 Å². The van der Waals surface area contributed by atoms with Crippen molar-refractivity contribution in [3.63, 3.8) is 0 Å². The summed E-state index contributed by atoms with van der Waals surface area (Å²) in [6.45, 7) is 5.95. The van der Waals surface area contributed by atoms with E-state index >= 15 is 0 Å². The lowest BCUT2D eigenvalue weighted by Gasteiger charge is -2.13. The SMILES string of the molecule is Cc1cc(C)cc(-c2nc3ccc(C(=O)OC(C)Cc4cccnc4)cc3o2)c1. The average molecular weight is 386 g/mol. The first-order valence-corrected chi connectivity index (χ1v) is 9.57. The van der Waals surface area contributed by atoms with Gasteiger partial charge in [0.2, 0.25) is 5.89 Å². The van der Waals surface area contributed by atoms with E-state index in [1.54, 1.807) is 30.6 Å². The highest BCUT2D eigenvalue weighted by Gasteiger charge is 2.16. The Morgan fingerprint density at radius 2 is 1.90 bits per heavy atom. The van der Waals surface area contributed by atoms with E-state index in [4.69, 9.17) is 9.15 Å². The van der Waals surface area contributed by atoms with Crippen molar-refractivity contribution < 1.29 is 13.9 Å². The van der Waals surface area contributed by atoms with Crippen LogP contribution < -0.4 is 0 Å². The standard InChI is InChI=1S/C24H22N2O3/c1-15-9-16(2)11-20(10-15)23-26-21-7-6-19(13-22(21)29-23)24(27)28-17(3)12-18-5-4-8-25-14-18/h4-11,13-14,17H,12H2,1-3H3. The lowest BCUT2D eigenvalue weighted by molar-refractivity contribution is 0.0343. The van der Waals surface area contributed by atoms with Crippen LogP contribution >= 0.6 is 0 Å². The zero-order chi connectivity index (χ0) is 20.4. The van der Waals surface area contributed by atoms with E-state index < -0.39 is 0 Å². The van der Waals surface area contributed by atoms with Crippen LogP contribution in [0.3, 0.4) is 0 Å². The summed E-state index contributed by atoms with van der Waals surface area (Å²) in [4.78, 5) is 21.2. The highest BCUT2D eigenvalue weighted by Crippen LogP contribution is 2.27. The average Bonchev–Trinajstić information content (AvgIpc) is 3.11. The summed E-state index contributed by atoms with van der Waals surface area (Å²) in [5.41, 5.74) is 5.96. The van der Waals surface area contributed by atoms with E-state index in [-0.39, 0.29) is 12.1 Å². The maximum atomic E-state index is 12.6. The molecule has 0 N–H and O–H groups in total. The minimum Gasteiger partial charge on any atom is -0.459 e. The van der Waals surface area contributed by atoms with Gasteiger partial charge in [0, 0.05) is 24.4 Å². The van der Waals surface area contributed by atoms with Crippen LogP contribution in [0.1, 0.15) is 34.0 Å². The van der Waals surface area contributed by atoms with Gasteiger partial charge in [-0.15, -0.1) is 0 Å². The van der Waals surface area contributed by atoms with Crippen LogP contribution in [-0.4, -0.2) is 22.0 Å². The zero-order valence-electron chi connectivity index (χ0n) is 16.7. The molecule has 29 heavy (non-hydrogen) atoms. The van der Waals surface area contributed by atoms with Crippen LogP contribution in [0.2, 0.25) is 0 Å². The maximum absolute atomic E-state index is 12.6. The molecule has 1 unspecified atom stereocenters. The van der Waals surface area contributed by atoms with E-state index in [0.29, 0.717) is 29.0 Å². The van der Waals surface area contributed by atoms with Gasteiger partial charge in [0.25, 0.3) is 0 Å². The highest BCUT2D eigenvalue weighted by molar-refractivity contribution is 5.93. The molecule has 2 heterocycles. The maximum Gasteiger partial charge on any atom is 0.338 e. The second-order valence-corrected chi connectivity index (χ2v) is 7.36. The van der Waals surface area contributed by atoms with Crippen LogP contribution in [0.5, 0.6) is 0 Å². The van der Waals surface area contributed by atoms with Gasteiger partial charge in [-0.25, -0.2) is 9.78 Å². The number of hydrogen-bond donors (Lipinski definition) is 0. The van der Waals surface area contributed by atoms with Crippen molar-refractivity contribution in [3.8, 4) is 11.5 Å². The summed E-state index contributed by atoms with van der Waals surface area (Å²) in [6, 6.07) is 15.2. The first-order valence-electron chi connectivity index (χ1n) is 9.57. The normalized spacial score (nSPS) is 12.1. The number of carbonyl (C=O) groups is 1. The molecule has 0 spiro atoms. The van der Waals surface area contributed by atoms with Crippen molar-refractivity contribution in [3.05, 3.63) is 83.2 Å². The quantitative estimate of drug-likeness (QED) is 0.436. The van der Waals surface area contributed by atoms with Crippen LogP contribution in [0, 0.1) is 13.8 Å². The molecule has 0 radical (unpaired) electrons. The molecule has 146 valence electrons. The molecular weight excluding hydrogens is 364 g/mol. The molecule has 0 aliphatic rings. The number of aryl methyl sites for hydroxylation is 2. The number of oxazole rings is 1. The molecule has 1 atom stereocenters. The van der Waals surface area contributed by atoms with Crippen LogP contribution in [0.15, 0.2) is 65.3 Å². The Morgan fingerprint density at radius 3 is 2.62 bits per heavy atom. The number of nitrogens with zero attached hydrogens (tertiary/aromatic N) is 2. The Labute approximate surface area is 169 Å². The largest absolute Gasteiger partial charge is 0.459 e. The molecule has 5 heteroatoms. The van der Waals surface area contributed by atoms with Crippen molar-refractivity contribution in [1.82, 2.24) is 9.97 Å². The monoisotopic (exact) mass is 386 g/mol. The number of esters is 1. The Hall–Kier alpha value is -3.47. The molecule has 0 fully saturated rings. The first kappa shape index (κ1) is 18.9. The van der Waals surface area contributed by atoms with Crippen molar-refractivity contribution in [2.45, 2.75) is 33.3 Å². The molecule has 0 amide bonds. The summed E-state index contributed by atoms with van der Waals surface area (Å²) in [7, 11) is 0. The number of carbonyl (C=O) groups excluding carboxylic acids is 1. The number of ether oxygens (including phenoxy) is 1. The van der Waals surface area contributed by atoms with Crippen molar-refractivity contribution >= 4 is 17.1 Å². The molecule has 0 saturated carbocycles. The Balaban J connectivity index is 1.53. The Kier molecular flexibility index (Phi) is 5.12. The number of fused-ring (bicyclic) bond motifs is 1. The molecule has 5 nitrogen and oxygen atoms in total. The minimum absolute atomic E-state index is 0.261. The summed E-state index contributed by atoms with van der Waals surface area (Å²) in [6.07, 6.45) is 3.85. The third-order valence-electron chi connectivity index (χ3n) is 4.65. The van der Waals surface area contributed by atoms with Crippen LogP contribution in [0.25, 0.3) is 22.6 Å². The molecule has 0 bridgehead atoms. The van der Waals surface area contributed by atoms with E-state index in [9.17, 15) is 4.79 Å². The molecule has 4 aromatic rings. The fourth-order valence-corrected chi connectivity index (χ4v) is 3.42. The lowest BCUT2D eigenvalue weighted by atomic mass is 10.1. The molecule has 0 aliphatic heterocycles. The first-order chi connectivity index (χ1) is 14.0. The van der Waals surface area contributed by atoms with Crippen LogP contribution in [0.4, 0.5) is 0 Å². The van der Waals surface area contributed by atoms with Gasteiger partial charge in [-0.05, 0) is 62.7 Å². The van der Waals surface area contributed by atoms with Crippen molar-refractivity contribution in [1.29, 1.82) is 0 Å². The number of hydrogen-bond acceptors (Lipinski definition) is 5. The van der Waals surface area contributed by atoms with Gasteiger partial charge in [0.05, 0.1) is 5.56 Å². The van der Waals surface area contributed by atoms with Gasteiger partial charge in [0.1, 0.15) is 11.6 Å². The predicted molar refractivity (Wildman–Crippen MR) is 112 cm³/mol. The third kappa shape index (κ3) is 4.35. The molecule has 4 rings (SSSR count). The fourth-order valence-electron chi connectivity index (χ4n) is 3.42. The summed E-state index contributed by atoms with van der Waals surface area (Å²) >= 11 is 0. The van der Waals surface area contributed by atoms with Gasteiger partial charge < -0.3 is 9.15 Å². The van der Waals surface area contributed by atoms with Gasteiger partial charge in [-0.3, -0.25) is 4.98 Å². The van der Waals surface area contributed by atoms with E-state index in [1.807, 2.05) is 45.0 Å². The Morgan fingerprint density at radius 1 is 1.10 bits per heavy atom. The van der Waals surface area contributed by atoms with Gasteiger partial charge in [-0.1, -0.05) is 23.3 Å². The Bertz CT molecular complexity index is 1150. The summed E-state index contributed by atoms with van der Waals surface area (Å²) < 4.78 is 11.5. The third-order valence-corrected chi connectivity index (χ3v) is 4.65. The van der Waals surface area contributed by atoms with E-state index in [1.165, 1.54) is 0 Å². The van der Waals surface area contributed by atoms with Crippen molar-refractivity contribution in [2.75, 3.05) is 0 Å². The van der Waals surface area contributed by atoms with Gasteiger partial charge in [-0.2, -0.15) is 0 Å². The number of rotatable bonds is 5. The number of pyridine rings is 1. The topological polar surface area (TPSA) is 65.2 Å². The fraction of sp³-hybridized carbons (Fsp3) is 0.208. The molecule has 0 saturated heterocycles. The van der Waals surface area contributed by atoms with Crippen molar-refractivity contribution in [2.24, 2.45) is 0 Å². The van der Waals surface area contributed by atoms with E-state index in [2.05, 4.69) is 16.0 Å². The molecule has 2 aromatic carbocycles. The van der Waals surface area contributed by atoms with Gasteiger partial charge in [0.15, 0.2) is 5.58 Å². The zero-order valence-corrected chi connectivity index (χ0v) is 16.7. The second-order valence-electron chi connectivity index (χ2n) is 7.36. The number of benzene rings is 2. The molecular formula is C24H22N2O3. The molecule has 2 aromatic heterocycles. The smallest absolute Gasteiger partial charge is 0.338 e. The molecule has 0 aliphatic carbocycles. The lowest BCUT2D eigenvalue weighted by Crippen LogP contribution is -2.17. The predicted octanol–water partition coefficient (Wildman–Crippen LogP) is 5.29. The summed E-state index contributed by atoms with van der Waals surface area (Å²) in [5.74, 6) is 0.162.